The molecule has 0 saturated heterocycles. The fourth-order valence-electron chi connectivity index (χ4n) is 1.86. The maximum absolute atomic E-state index is 6.27. The number of aromatic nitrogens is 3. The Hall–Kier alpha value is -1.05. The first-order chi connectivity index (χ1) is 10.2. The third-order valence-corrected chi connectivity index (χ3v) is 5.08. The molecule has 21 heavy (non-hydrogen) atoms. The van der Waals surface area contributed by atoms with E-state index in [4.69, 9.17) is 11.6 Å². The van der Waals surface area contributed by atoms with Crippen molar-refractivity contribution in [1.29, 1.82) is 0 Å². The monoisotopic (exact) mass is 471 g/mol. The Kier molecular flexibility index (Phi) is 4.51. The summed E-state index contributed by atoms with van der Waals surface area (Å²) in [6, 6.07) is 13.7. The highest BCUT2D eigenvalue weighted by molar-refractivity contribution is 14.1. The van der Waals surface area contributed by atoms with Crippen molar-refractivity contribution in [2.24, 2.45) is 0 Å². The number of benzene rings is 1. The second-order valence-corrected chi connectivity index (χ2v) is 6.49. The van der Waals surface area contributed by atoms with Crippen molar-refractivity contribution in [3.05, 3.63) is 61.9 Å². The van der Waals surface area contributed by atoms with E-state index < -0.39 is 0 Å². The molecule has 0 aliphatic heterocycles. The Morgan fingerprint density at radius 1 is 0.952 bits per heavy atom. The van der Waals surface area contributed by atoms with Crippen LogP contribution in [0.5, 0.6) is 0 Å². The highest BCUT2D eigenvalue weighted by Crippen LogP contribution is 2.31. The Morgan fingerprint density at radius 3 is 2.43 bits per heavy atom. The van der Waals surface area contributed by atoms with Gasteiger partial charge in [-0.1, -0.05) is 41.9 Å². The van der Waals surface area contributed by atoms with Crippen LogP contribution in [0, 0.1) is 3.57 Å². The molecule has 3 nitrogen and oxygen atoms in total. The SMILES string of the molecule is Clc1nc(-c2ncccc2Br)nc(-c2ccccc2)c1I. The Bertz CT molecular complexity index is 796. The summed E-state index contributed by atoms with van der Waals surface area (Å²) in [5, 5.41) is 0.428. The van der Waals surface area contributed by atoms with E-state index in [0.29, 0.717) is 16.7 Å². The number of rotatable bonds is 2. The number of pyridine rings is 1. The molecule has 2 aromatic heterocycles. The highest BCUT2D eigenvalue weighted by atomic mass is 127. The number of halogens is 3. The molecule has 2 heterocycles. The summed E-state index contributed by atoms with van der Waals surface area (Å²) < 4.78 is 1.66. The molecular weight excluding hydrogens is 464 g/mol. The topological polar surface area (TPSA) is 38.7 Å². The predicted octanol–water partition coefficient (Wildman–Crippen LogP) is 5.23. The normalized spacial score (nSPS) is 10.6. The molecule has 0 unspecified atom stereocenters. The lowest BCUT2D eigenvalue weighted by molar-refractivity contribution is 1.12. The van der Waals surface area contributed by atoms with Crippen molar-refractivity contribution in [3.63, 3.8) is 0 Å². The van der Waals surface area contributed by atoms with Crippen molar-refractivity contribution in [1.82, 2.24) is 15.0 Å². The molecule has 0 amide bonds. The molecule has 0 radical (unpaired) electrons. The average molecular weight is 473 g/mol. The zero-order valence-corrected chi connectivity index (χ0v) is 15.1. The Labute approximate surface area is 149 Å². The van der Waals surface area contributed by atoms with Gasteiger partial charge in [-0.25, -0.2) is 9.97 Å². The van der Waals surface area contributed by atoms with Gasteiger partial charge in [0.1, 0.15) is 10.8 Å². The van der Waals surface area contributed by atoms with E-state index in [2.05, 4.69) is 53.5 Å². The molecule has 0 aliphatic carbocycles. The van der Waals surface area contributed by atoms with Gasteiger partial charge in [-0.05, 0) is 50.7 Å². The van der Waals surface area contributed by atoms with Gasteiger partial charge in [-0.3, -0.25) is 4.98 Å². The molecule has 0 aliphatic rings. The van der Waals surface area contributed by atoms with Crippen LogP contribution in [0.1, 0.15) is 0 Å². The first-order valence-corrected chi connectivity index (χ1v) is 8.31. The van der Waals surface area contributed by atoms with Crippen LogP contribution in [0.4, 0.5) is 0 Å². The molecule has 0 spiro atoms. The second kappa shape index (κ2) is 6.37. The van der Waals surface area contributed by atoms with Crippen molar-refractivity contribution in [3.8, 4) is 22.8 Å². The van der Waals surface area contributed by atoms with Crippen molar-refractivity contribution < 1.29 is 0 Å². The van der Waals surface area contributed by atoms with Gasteiger partial charge in [-0.2, -0.15) is 0 Å². The summed E-state index contributed by atoms with van der Waals surface area (Å²) in [4.78, 5) is 13.3. The number of nitrogens with zero attached hydrogens (tertiary/aromatic N) is 3. The quantitative estimate of drug-likeness (QED) is 0.379. The highest BCUT2D eigenvalue weighted by Gasteiger charge is 2.15. The van der Waals surface area contributed by atoms with Gasteiger partial charge in [-0.15, -0.1) is 0 Å². The second-order valence-electron chi connectivity index (χ2n) is 4.20. The minimum Gasteiger partial charge on any atom is -0.252 e. The summed E-state index contributed by atoms with van der Waals surface area (Å²) >= 11 is 11.9. The zero-order valence-electron chi connectivity index (χ0n) is 10.6. The Balaban J connectivity index is 2.22. The molecule has 0 N–H and O–H groups in total. The molecule has 0 fully saturated rings. The smallest absolute Gasteiger partial charge is 0.181 e. The van der Waals surface area contributed by atoms with E-state index in [1.54, 1.807) is 6.20 Å². The van der Waals surface area contributed by atoms with Gasteiger partial charge < -0.3 is 0 Å². The van der Waals surface area contributed by atoms with Crippen LogP contribution in [-0.2, 0) is 0 Å². The van der Waals surface area contributed by atoms with Crippen molar-refractivity contribution in [2.45, 2.75) is 0 Å². The third kappa shape index (κ3) is 3.09. The van der Waals surface area contributed by atoms with Gasteiger partial charge in [0.2, 0.25) is 0 Å². The predicted molar refractivity (Wildman–Crippen MR) is 96.1 cm³/mol. The molecule has 3 aromatic rings. The van der Waals surface area contributed by atoms with Crippen molar-refractivity contribution in [2.75, 3.05) is 0 Å². The van der Waals surface area contributed by atoms with Gasteiger partial charge >= 0.3 is 0 Å². The van der Waals surface area contributed by atoms with E-state index in [1.165, 1.54) is 0 Å². The molecule has 104 valence electrons. The molecule has 6 heteroatoms. The molecule has 3 rings (SSSR count). The maximum Gasteiger partial charge on any atom is 0.181 e. The van der Waals surface area contributed by atoms with Gasteiger partial charge in [0.15, 0.2) is 5.82 Å². The lowest BCUT2D eigenvalue weighted by atomic mass is 10.1. The van der Waals surface area contributed by atoms with Crippen LogP contribution in [0.25, 0.3) is 22.8 Å². The van der Waals surface area contributed by atoms with E-state index in [-0.39, 0.29) is 0 Å². The molecule has 0 saturated carbocycles. The first kappa shape index (κ1) is 14.9. The van der Waals surface area contributed by atoms with Crippen LogP contribution < -0.4 is 0 Å². The fourth-order valence-corrected chi connectivity index (χ4v) is 3.02. The van der Waals surface area contributed by atoms with Crippen LogP contribution in [0.3, 0.4) is 0 Å². The van der Waals surface area contributed by atoms with Crippen LogP contribution in [-0.4, -0.2) is 15.0 Å². The lowest BCUT2D eigenvalue weighted by Crippen LogP contribution is -1.99. The van der Waals surface area contributed by atoms with E-state index in [0.717, 1.165) is 19.3 Å². The van der Waals surface area contributed by atoms with Crippen LogP contribution in [0.2, 0.25) is 5.15 Å². The molecule has 0 bridgehead atoms. The average Bonchev–Trinajstić information content (AvgIpc) is 2.51. The molecule has 0 atom stereocenters. The summed E-state index contributed by atoms with van der Waals surface area (Å²) in [7, 11) is 0. The standard InChI is InChI=1S/C15H8BrClIN3/c16-10-7-4-8-19-13(10)15-20-12(11(18)14(17)21-15)9-5-2-1-3-6-9/h1-8H. The number of hydrogen-bond acceptors (Lipinski definition) is 3. The summed E-state index contributed by atoms with van der Waals surface area (Å²) in [6.07, 6.45) is 1.71. The van der Waals surface area contributed by atoms with E-state index in [9.17, 15) is 0 Å². The fraction of sp³-hybridized carbons (Fsp3) is 0. The third-order valence-electron chi connectivity index (χ3n) is 2.83. The maximum atomic E-state index is 6.27. The van der Waals surface area contributed by atoms with E-state index >= 15 is 0 Å². The van der Waals surface area contributed by atoms with Gasteiger partial charge in [0.05, 0.1) is 9.26 Å². The van der Waals surface area contributed by atoms with Crippen molar-refractivity contribution >= 4 is 50.1 Å². The summed E-state index contributed by atoms with van der Waals surface area (Å²) in [5.41, 5.74) is 2.48. The molecule has 1 aromatic carbocycles. The Morgan fingerprint density at radius 2 is 1.71 bits per heavy atom. The minimum atomic E-state index is 0.428. The van der Waals surface area contributed by atoms with Gasteiger partial charge in [0.25, 0.3) is 0 Å². The van der Waals surface area contributed by atoms with Crippen LogP contribution in [0.15, 0.2) is 53.1 Å². The summed E-state index contributed by atoms with van der Waals surface area (Å²) in [5.74, 6) is 0.506. The van der Waals surface area contributed by atoms with Crippen LogP contribution >= 0.6 is 50.1 Å². The summed E-state index contributed by atoms with van der Waals surface area (Å²) in [6.45, 7) is 0. The first-order valence-electron chi connectivity index (χ1n) is 6.06. The zero-order chi connectivity index (χ0) is 14.8. The molecular formula is C15H8BrClIN3. The largest absolute Gasteiger partial charge is 0.252 e. The number of hydrogen-bond donors (Lipinski definition) is 0. The van der Waals surface area contributed by atoms with E-state index in [1.807, 2.05) is 42.5 Å². The lowest BCUT2D eigenvalue weighted by Gasteiger charge is -2.09. The van der Waals surface area contributed by atoms with Gasteiger partial charge in [0, 0.05) is 16.2 Å². The minimum absolute atomic E-state index is 0.428.